The molecule has 1 saturated heterocycles. The van der Waals surface area contributed by atoms with E-state index in [1.54, 1.807) is 35.0 Å². The number of piperidine rings is 1. The first kappa shape index (κ1) is 19.3. The van der Waals surface area contributed by atoms with E-state index in [1.807, 2.05) is 18.2 Å². The van der Waals surface area contributed by atoms with E-state index in [0.717, 1.165) is 19.4 Å². The number of pyridine rings is 1. The average molecular weight is 419 g/mol. The maximum atomic E-state index is 14.9. The van der Waals surface area contributed by atoms with Crippen molar-refractivity contribution in [1.82, 2.24) is 19.4 Å². The molecule has 0 spiro atoms. The highest BCUT2D eigenvalue weighted by Crippen LogP contribution is 2.29. The third-order valence-corrected chi connectivity index (χ3v) is 5.59. The molecule has 5 rings (SSSR count). The van der Waals surface area contributed by atoms with Crippen LogP contribution in [0.15, 0.2) is 65.6 Å². The molecule has 31 heavy (non-hydrogen) atoms. The second kappa shape index (κ2) is 7.88. The molecule has 3 heterocycles. The van der Waals surface area contributed by atoms with Crippen LogP contribution in [0, 0.1) is 5.82 Å². The second-order valence-electron chi connectivity index (χ2n) is 7.58. The fourth-order valence-electron chi connectivity index (χ4n) is 4.16. The molecule has 3 N–H and O–H groups in total. The molecule has 0 amide bonds. The third-order valence-electron chi connectivity index (χ3n) is 5.59. The monoisotopic (exact) mass is 419 g/mol. The predicted octanol–water partition coefficient (Wildman–Crippen LogP) is 3.63. The van der Waals surface area contributed by atoms with Crippen LogP contribution in [0.1, 0.15) is 18.9 Å². The number of nitrogens with zero attached hydrogens (tertiary/aromatic N) is 3. The molecule has 2 aromatic heterocycles. The summed E-state index contributed by atoms with van der Waals surface area (Å²) in [5.74, 6) is 0.258. The first-order valence-electron chi connectivity index (χ1n) is 10.2. The lowest BCUT2D eigenvalue weighted by Crippen LogP contribution is -2.36. The van der Waals surface area contributed by atoms with Crippen molar-refractivity contribution in [1.29, 1.82) is 0 Å². The molecule has 1 aliphatic rings. The number of rotatable bonds is 4. The molecular weight excluding hydrogens is 397 g/mol. The molecule has 7 nitrogen and oxygen atoms in total. The van der Waals surface area contributed by atoms with Crippen LogP contribution in [-0.4, -0.2) is 27.2 Å². The molecule has 0 unspecified atom stereocenters. The number of aromatic nitrogens is 3. The van der Waals surface area contributed by atoms with E-state index in [2.05, 4.69) is 10.3 Å². The largest absolute Gasteiger partial charge is 0.454 e. The number of nitrogens with two attached hydrogens (primary N) is 1. The number of halogens is 1. The first-order chi connectivity index (χ1) is 15.1. The van der Waals surface area contributed by atoms with Gasteiger partial charge in [-0.05, 0) is 49.7 Å². The summed E-state index contributed by atoms with van der Waals surface area (Å²) in [6.45, 7) is 1.63. The molecule has 1 fully saturated rings. The quantitative estimate of drug-likeness (QED) is 0.528. The molecule has 4 aromatic rings. The maximum Gasteiger partial charge on any atom is 0.334 e. The van der Waals surface area contributed by atoms with Crippen LogP contribution in [0.25, 0.3) is 16.7 Å². The molecule has 158 valence electrons. The number of nitrogen functional groups attached to an aromatic ring is 1. The van der Waals surface area contributed by atoms with Crippen LogP contribution < -0.4 is 21.5 Å². The Morgan fingerprint density at radius 3 is 2.74 bits per heavy atom. The topological polar surface area (TPSA) is 87.1 Å². The number of benzene rings is 2. The Morgan fingerprint density at radius 1 is 1.16 bits per heavy atom. The minimum Gasteiger partial charge on any atom is -0.454 e. The first-order valence-corrected chi connectivity index (χ1v) is 10.2. The highest BCUT2D eigenvalue weighted by atomic mass is 19.1. The maximum absolute atomic E-state index is 14.9. The molecule has 0 aliphatic carbocycles. The van der Waals surface area contributed by atoms with E-state index in [9.17, 15) is 9.18 Å². The summed E-state index contributed by atoms with van der Waals surface area (Å²) in [5.41, 5.74) is 7.44. The van der Waals surface area contributed by atoms with Gasteiger partial charge in [0.2, 0.25) is 0 Å². The summed E-state index contributed by atoms with van der Waals surface area (Å²) in [7, 11) is 0. The van der Waals surface area contributed by atoms with Crippen LogP contribution in [0.3, 0.4) is 0 Å². The molecule has 0 saturated carbocycles. The SMILES string of the molecule is Nc1nccc2c1n(-c1ccc(Oc3ccccc3)c(F)c1)c(=O)n2[C@@H]1CCCNC1. The van der Waals surface area contributed by atoms with Crippen LogP contribution in [0.2, 0.25) is 0 Å². The van der Waals surface area contributed by atoms with Crippen LogP contribution >= 0.6 is 0 Å². The second-order valence-corrected chi connectivity index (χ2v) is 7.58. The lowest BCUT2D eigenvalue weighted by molar-refractivity contribution is 0.370. The summed E-state index contributed by atoms with van der Waals surface area (Å²) >= 11 is 0. The Labute approximate surface area is 177 Å². The standard InChI is InChI=1S/C23H22FN5O2/c24-18-13-15(8-9-20(18)31-17-6-2-1-3-7-17)29-21-19(10-12-27-22(21)25)28(23(29)30)16-5-4-11-26-14-16/h1-3,6-10,12-13,16,26H,4-5,11,14H2,(H2,25,27)/t16-/m1/s1. The van der Waals surface area contributed by atoms with Gasteiger partial charge in [0.25, 0.3) is 0 Å². The van der Waals surface area contributed by atoms with Crippen molar-refractivity contribution in [3.8, 4) is 17.2 Å². The van der Waals surface area contributed by atoms with Crippen LogP contribution in [-0.2, 0) is 0 Å². The van der Waals surface area contributed by atoms with E-state index in [0.29, 0.717) is 29.0 Å². The van der Waals surface area contributed by atoms with Crippen molar-refractivity contribution in [3.05, 3.63) is 77.1 Å². The van der Waals surface area contributed by atoms with Crippen LogP contribution in [0.5, 0.6) is 11.5 Å². The van der Waals surface area contributed by atoms with Crippen molar-refractivity contribution in [3.63, 3.8) is 0 Å². The van der Waals surface area contributed by atoms with Gasteiger partial charge in [-0.3, -0.25) is 9.13 Å². The molecular formula is C23H22FN5O2. The lowest BCUT2D eigenvalue weighted by atomic mass is 10.1. The van der Waals surface area contributed by atoms with E-state index in [-0.39, 0.29) is 23.3 Å². The molecule has 1 atom stereocenters. The number of hydrogen-bond acceptors (Lipinski definition) is 5. The average Bonchev–Trinajstić information content (AvgIpc) is 3.09. The van der Waals surface area contributed by atoms with Gasteiger partial charge in [-0.2, -0.15) is 0 Å². The zero-order valence-electron chi connectivity index (χ0n) is 16.8. The number of anilines is 1. The zero-order chi connectivity index (χ0) is 21.4. The minimum absolute atomic E-state index is 0.00247. The van der Waals surface area contributed by atoms with Gasteiger partial charge < -0.3 is 15.8 Å². The Kier molecular flexibility index (Phi) is 4.91. The summed E-state index contributed by atoms with van der Waals surface area (Å²) in [5, 5.41) is 3.34. The number of nitrogens with one attached hydrogen (secondary N) is 1. The minimum atomic E-state index is -0.573. The van der Waals surface area contributed by atoms with Gasteiger partial charge in [-0.25, -0.2) is 14.2 Å². The summed E-state index contributed by atoms with van der Waals surface area (Å²) < 4.78 is 23.7. The number of imidazole rings is 1. The number of para-hydroxylation sites is 1. The summed E-state index contributed by atoms with van der Waals surface area (Å²) in [4.78, 5) is 17.6. The third kappa shape index (κ3) is 3.44. The van der Waals surface area contributed by atoms with E-state index >= 15 is 0 Å². The zero-order valence-corrected chi connectivity index (χ0v) is 16.8. The van der Waals surface area contributed by atoms with Crippen molar-refractivity contribution >= 4 is 16.9 Å². The van der Waals surface area contributed by atoms with Gasteiger partial charge in [0, 0.05) is 18.8 Å². The van der Waals surface area contributed by atoms with Gasteiger partial charge in [0.05, 0.1) is 17.2 Å². The van der Waals surface area contributed by atoms with Gasteiger partial charge in [-0.1, -0.05) is 18.2 Å². The Morgan fingerprint density at radius 2 is 2.00 bits per heavy atom. The lowest BCUT2D eigenvalue weighted by Gasteiger charge is -2.23. The number of fused-ring (bicyclic) bond motifs is 1. The van der Waals surface area contributed by atoms with Crippen molar-refractivity contribution in [2.45, 2.75) is 18.9 Å². The number of hydrogen-bond donors (Lipinski definition) is 2. The fraction of sp³-hybridized carbons (Fsp3) is 0.217. The Balaban J connectivity index is 1.62. The summed E-state index contributed by atoms with van der Waals surface area (Å²) in [6, 6.07) is 15.2. The van der Waals surface area contributed by atoms with E-state index < -0.39 is 5.82 Å². The Bertz CT molecular complexity index is 1290. The van der Waals surface area contributed by atoms with Gasteiger partial charge in [-0.15, -0.1) is 0 Å². The van der Waals surface area contributed by atoms with Crippen molar-refractivity contribution in [2.75, 3.05) is 18.8 Å². The predicted molar refractivity (Wildman–Crippen MR) is 117 cm³/mol. The molecule has 1 aliphatic heterocycles. The van der Waals surface area contributed by atoms with Gasteiger partial charge >= 0.3 is 5.69 Å². The number of ether oxygens (including phenoxy) is 1. The summed E-state index contributed by atoms with van der Waals surface area (Å²) in [6.07, 6.45) is 3.45. The normalized spacial score (nSPS) is 16.5. The smallest absolute Gasteiger partial charge is 0.334 e. The van der Waals surface area contributed by atoms with E-state index in [4.69, 9.17) is 10.5 Å². The van der Waals surface area contributed by atoms with E-state index in [1.165, 1.54) is 16.7 Å². The Hall–Kier alpha value is -3.65. The molecule has 8 heteroatoms. The van der Waals surface area contributed by atoms with Gasteiger partial charge in [0.1, 0.15) is 17.1 Å². The van der Waals surface area contributed by atoms with Crippen molar-refractivity contribution < 1.29 is 9.13 Å². The fourth-order valence-corrected chi connectivity index (χ4v) is 4.16. The van der Waals surface area contributed by atoms with Crippen LogP contribution in [0.4, 0.5) is 10.2 Å². The highest BCUT2D eigenvalue weighted by Gasteiger charge is 2.24. The highest BCUT2D eigenvalue weighted by molar-refractivity contribution is 5.87. The molecule has 2 aromatic carbocycles. The molecule has 0 radical (unpaired) electrons. The van der Waals surface area contributed by atoms with Gasteiger partial charge in [0.15, 0.2) is 11.6 Å². The molecule has 0 bridgehead atoms. The van der Waals surface area contributed by atoms with Crippen molar-refractivity contribution in [2.24, 2.45) is 0 Å².